The molecule has 0 aromatic heterocycles. The topological polar surface area (TPSA) is 96.9 Å². The molecule has 0 spiro atoms. The van der Waals surface area contributed by atoms with Crippen molar-refractivity contribution < 1.29 is 24.2 Å². The Labute approximate surface area is 177 Å². The normalized spacial score (nSPS) is 13.1. The maximum Gasteiger partial charge on any atom is 0.408 e. The number of anilines is 1. The minimum atomic E-state index is -1.54. The number of carbonyl (C=O) groups excluding carboxylic acids is 2. The highest BCUT2D eigenvalue weighted by Gasteiger charge is 2.36. The van der Waals surface area contributed by atoms with Crippen LogP contribution in [-0.2, 0) is 16.1 Å². The average molecular weight is 415 g/mol. The second kappa shape index (κ2) is 9.63. The van der Waals surface area contributed by atoms with Gasteiger partial charge in [0.2, 0.25) is 0 Å². The molecule has 0 aliphatic heterocycles. The molecule has 30 heavy (non-hydrogen) atoms. The molecule has 0 unspecified atom stereocenters. The van der Waals surface area contributed by atoms with Crippen LogP contribution in [-0.4, -0.2) is 34.9 Å². The standard InChI is InChI=1S/C23H30N2O5/c1-16-6-8-17(9-7-16)14-29-19-12-10-18(11-13-19)24-20(27)23(5,15-26)25-21(28)30-22(2,3)4/h6-13,26H,14-15H2,1-5H3,(H,24,27)(H,25,28)/t23-/m0/s1. The van der Waals surface area contributed by atoms with Crippen LogP contribution in [0.3, 0.4) is 0 Å². The minimum Gasteiger partial charge on any atom is -0.489 e. The number of carbonyl (C=O) groups is 2. The van der Waals surface area contributed by atoms with Crippen LogP contribution in [0.1, 0.15) is 38.8 Å². The van der Waals surface area contributed by atoms with Gasteiger partial charge >= 0.3 is 6.09 Å². The smallest absolute Gasteiger partial charge is 0.408 e. The van der Waals surface area contributed by atoms with Gasteiger partial charge in [-0.3, -0.25) is 4.79 Å². The summed E-state index contributed by atoms with van der Waals surface area (Å²) in [5, 5.41) is 14.8. The lowest BCUT2D eigenvalue weighted by Gasteiger charge is -2.29. The summed E-state index contributed by atoms with van der Waals surface area (Å²) in [6.07, 6.45) is -0.783. The van der Waals surface area contributed by atoms with Crippen molar-refractivity contribution in [2.75, 3.05) is 11.9 Å². The van der Waals surface area contributed by atoms with Gasteiger partial charge in [0.1, 0.15) is 23.5 Å². The Kier molecular flexibility index (Phi) is 7.45. The Morgan fingerprint density at radius 1 is 0.967 bits per heavy atom. The second-order valence-electron chi connectivity index (χ2n) is 8.37. The Morgan fingerprint density at radius 3 is 2.10 bits per heavy atom. The van der Waals surface area contributed by atoms with Gasteiger partial charge in [0.25, 0.3) is 5.91 Å². The van der Waals surface area contributed by atoms with E-state index >= 15 is 0 Å². The number of alkyl carbamates (subject to hydrolysis) is 1. The molecule has 0 aliphatic carbocycles. The number of aryl methyl sites for hydroxylation is 1. The van der Waals surface area contributed by atoms with Crippen LogP contribution >= 0.6 is 0 Å². The first-order valence-corrected chi connectivity index (χ1v) is 9.73. The first-order valence-electron chi connectivity index (χ1n) is 9.73. The van der Waals surface area contributed by atoms with Crippen molar-refractivity contribution >= 4 is 17.7 Å². The average Bonchev–Trinajstić information content (AvgIpc) is 2.67. The Balaban J connectivity index is 1.94. The summed E-state index contributed by atoms with van der Waals surface area (Å²) in [6, 6.07) is 14.9. The van der Waals surface area contributed by atoms with E-state index in [0.29, 0.717) is 18.0 Å². The van der Waals surface area contributed by atoms with Crippen molar-refractivity contribution in [3.8, 4) is 5.75 Å². The van der Waals surface area contributed by atoms with Crippen LogP contribution in [0, 0.1) is 6.92 Å². The van der Waals surface area contributed by atoms with E-state index in [-0.39, 0.29) is 0 Å². The number of hydrogen-bond acceptors (Lipinski definition) is 5. The summed E-state index contributed by atoms with van der Waals surface area (Å²) in [4.78, 5) is 24.6. The Morgan fingerprint density at radius 2 is 1.57 bits per heavy atom. The first-order chi connectivity index (χ1) is 14.0. The third kappa shape index (κ3) is 7.08. The van der Waals surface area contributed by atoms with Gasteiger partial charge in [0.05, 0.1) is 6.61 Å². The highest BCUT2D eigenvalue weighted by Crippen LogP contribution is 2.19. The van der Waals surface area contributed by atoms with Gasteiger partial charge in [-0.15, -0.1) is 0 Å². The molecule has 7 heteroatoms. The molecular formula is C23H30N2O5. The lowest BCUT2D eigenvalue weighted by atomic mass is 10.0. The minimum absolute atomic E-state index is 0.439. The predicted molar refractivity (Wildman–Crippen MR) is 115 cm³/mol. The molecule has 0 saturated heterocycles. The number of aliphatic hydroxyl groups is 1. The van der Waals surface area contributed by atoms with Gasteiger partial charge in [-0.25, -0.2) is 4.79 Å². The second-order valence-corrected chi connectivity index (χ2v) is 8.37. The monoisotopic (exact) mass is 414 g/mol. The van der Waals surface area contributed by atoms with Gasteiger partial charge in [-0.1, -0.05) is 29.8 Å². The van der Waals surface area contributed by atoms with E-state index < -0.39 is 29.7 Å². The van der Waals surface area contributed by atoms with E-state index in [1.54, 1.807) is 45.0 Å². The number of aliphatic hydroxyl groups excluding tert-OH is 1. The van der Waals surface area contributed by atoms with Gasteiger partial charge in [0.15, 0.2) is 0 Å². The third-order valence-corrected chi connectivity index (χ3v) is 4.23. The van der Waals surface area contributed by atoms with Crippen molar-refractivity contribution in [1.82, 2.24) is 5.32 Å². The van der Waals surface area contributed by atoms with Crippen molar-refractivity contribution in [3.63, 3.8) is 0 Å². The van der Waals surface area contributed by atoms with E-state index in [2.05, 4.69) is 10.6 Å². The van der Waals surface area contributed by atoms with Gasteiger partial charge in [0, 0.05) is 5.69 Å². The number of ether oxygens (including phenoxy) is 2. The highest BCUT2D eigenvalue weighted by molar-refractivity contribution is 5.99. The molecule has 0 saturated carbocycles. The Bertz CT molecular complexity index is 857. The van der Waals surface area contributed by atoms with Crippen molar-refractivity contribution in [2.45, 2.75) is 52.4 Å². The van der Waals surface area contributed by atoms with Crippen molar-refractivity contribution in [3.05, 3.63) is 59.7 Å². The predicted octanol–water partition coefficient (Wildman–Crippen LogP) is 3.79. The quantitative estimate of drug-likeness (QED) is 0.641. The number of amides is 2. The molecule has 0 aliphatic rings. The zero-order chi connectivity index (χ0) is 22.4. The zero-order valence-electron chi connectivity index (χ0n) is 18.1. The number of benzene rings is 2. The van der Waals surface area contributed by atoms with Crippen LogP contribution in [0.25, 0.3) is 0 Å². The summed E-state index contributed by atoms with van der Waals surface area (Å²) in [6.45, 7) is 8.44. The summed E-state index contributed by atoms with van der Waals surface area (Å²) in [5.41, 5.74) is 0.502. The van der Waals surface area contributed by atoms with E-state index in [9.17, 15) is 14.7 Å². The van der Waals surface area contributed by atoms with Crippen molar-refractivity contribution in [2.24, 2.45) is 0 Å². The zero-order valence-corrected chi connectivity index (χ0v) is 18.1. The number of nitrogens with one attached hydrogen (secondary N) is 2. The third-order valence-electron chi connectivity index (χ3n) is 4.23. The summed E-state index contributed by atoms with van der Waals surface area (Å²) in [5.74, 6) is 0.0922. The van der Waals surface area contributed by atoms with Crippen LogP contribution in [0.2, 0.25) is 0 Å². The van der Waals surface area contributed by atoms with E-state index in [1.165, 1.54) is 12.5 Å². The summed E-state index contributed by atoms with van der Waals surface area (Å²) < 4.78 is 10.9. The lowest BCUT2D eigenvalue weighted by molar-refractivity contribution is -0.123. The molecule has 0 radical (unpaired) electrons. The van der Waals surface area contributed by atoms with Gasteiger partial charge in [-0.2, -0.15) is 0 Å². The van der Waals surface area contributed by atoms with Crippen LogP contribution < -0.4 is 15.4 Å². The number of rotatable bonds is 7. The fourth-order valence-corrected chi connectivity index (χ4v) is 2.45. The molecule has 2 aromatic carbocycles. The van der Waals surface area contributed by atoms with Crippen LogP contribution in [0.15, 0.2) is 48.5 Å². The molecule has 162 valence electrons. The summed E-state index contributed by atoms with van der Waals surface area (Å²) >= 11 is 0. The number of hydrogen-bond donors (Lipinski definition) is 3. The van der Waals surface area contributed by atoms with E-state index in [0.717, 1.165) is 5.56 Å². The molecule has 0 fully saturated rings. The Hall–Kier alpha value is -3.06. The van der Waals surface area contributed by atoms with E-state index in [4.69, 9.17) is 9.47 Å². The molecule has 0 bridgehead atoms. The van der Waals surface area contributed by atoms with E-state index in [1.807, 2.05) is 31.2 Å². The molecule has 3 N–H and O–H groups in total. The maximum atomic E-state index is 12.6. The molecular weight excluding hydrogens is 384 g/mol. The van der Waals surface area contributed by atoms with Gasteiger partial charge in [-0.05, 0) is 64.4 Å². The molecule has 0 heterocycles. The first kappa shape index (κ1) is 23.2. The SMILES string of the molecule is Cc1ccc(COc2ccc(NC(=O)[C@](C)(CO)NC(=O)OC(C)(C)C)cc2)cc1. The molecule has 1 atom stereocenters. The summed E-state index contributed by atoms with van der Waals surface area (Å²) in [7, 11) is 0. The molecule has 7 nitrogen and oxygen atoms in total. The van der Waals surface area contributed by atoms with Crippen molar-refractivity contribution in [1.29, 1.82) is 0 Å². The fraction of sp³-hybridized carbons (Fsp3) is 0.391. The molecule has 2 rings (SSSR count). The fourth-order valence-electron chi connectivity index (χ4n) is 2.45. The highest BCUT2D eigenvalue weighted by atomic mass is 16.6. The molecule has 2 amide bonds. The molecule has 2 aromatic rings. The van der Waals surface area contributed by atoms with Crippen LogP contribution in [0.4, 0.5) is 10.5 Å². The lowest BCUT2D eigenvalue weighted by Crippen LogP contribution is -2.58. The van der Waals surface area contributed by atoms with Crippen LogP contribution in [0.5, 0.6) is 5.75 Å². The van der Waals surface area contributed by atoms with Gasteiger partial charge < -0.3 is 25.2 Å². The largest absolute Gasteiger partial charge is 0.489 e. The maximum absolute atomic E-state index is 12.6.